The molecule has 1 amide bonds. The molecule has 0 spiro atoms. The summed E-state index contributed by atoms with van der Waals surface area (Å²) in [6, 6.07) is 5.95. The number of carbonyl (C=O) groups excluding carboxylic acids is 1. The number of nitrogens with one attached hydrogen (secondary N) is 1. The summed E-state index contributed by atoms with van der Waals surface area (Å²) < 4.78 is 33.5. The molecule has 0 saturated heterocycles. The summed E-state index contributed by atoms with van der Waals surface area (Å²) in [4.78, 5) is 11.1. The molecule has 5 nitrogen and oxygen atoms in total. The highest BCUT2D eigenvalue weighted by Crippen LogP contribution is 2.21. The average Bonchev–Trinajstić information content (AvgIpc) is 2.43. The lowest BCUT2D eigenvalue weighted by Gasteiger charge is -2.16. The van der Waals surface area contributed by atoms with Gasteiger partial charge in [-0.25, -0.2) is 0 Å². The van der Waals surface area contributed by atoms with Crippen molar-refractivity contribution < 1.29 is 28.2 Å². The van der Waals surface area contributed by atoms with Crippen LogP contribution in [0.15, 0.2) is 24.3 Å². The Morgan fingerprint density at radius 1 is 1.35 bits per heavy atom. The minimum atomic E-state index is -2.86. The minimum absolute atomic E-state index is 0.0568. The van der Waals surface area contributed by atoms with Crippen molar-refractivity contribution >= 4 is 5.91 Å². The molecular formula is C13H17F2NO4. The average molecular weight is 289 g/mol. The largest absolute Gasteiger partial charge is 0.435 e. The summed E-state index contributed by atoms with van der Waals surface area (Å²) in [7, 11) is 1.41. The Hall–Kier alpha value is -1.73. The second-order valence-corrected chi connectivity index (χ2v) is 4.05. The fourth-order valence-electron chi connectivity index (χ4n) is 1.49. The molecule has 112 valence electrons. The van der Waals surface area contributed by atoms with Crippen molar-refractivity contribution in [1.29, 1.82) is 0 Å². The Balaban J connectivity index is 2.51. The van der Waals surface area contributed by atoms with Crippen LogP contribution in [0.4, 0.5) is 8.78 Å². The van der Waals surface area contributed by atoms with E-state index in [0.29, 0.717) is 0 Å². The van der Waals surface area contributed by atoms with Crippen molar-refractivity contribution in [3.8, 4) is 5.75 Å². The van der Waals surface area contributed by atoms with Crippen LogP contribution in [0.3, 0.4) is 0 Å². The number of aliphatic hydroxyl groups is 1. The van der Waals surface area contributed by atoms with Gasteiger partial charge in [0, 0.05) is 7.05 Å². The molecule has 0 fully saturated rings. The molecule has 0 saturated carbocycles. The molecule has 7 heteroatoms. The fraction of sp³-hybridized carbons (Fsp3) is 0.462. The lowest BCUT2D eigenvalue weighted by Crippen LogP contribution is -2.35. The Morgan fingerprint density at radius 2 is 1.95 bits per heavy atom. The highest BCUT2D eigenvalue weighted by molar-refractivity contribution is 5.80. The molecule has 1 rings (SSSR count). The number of carbonyl (C=O) groups is 1. The van der Waals surface area contributed by atoms with Gasteiger partial charge < -0.3 is 19.9 Å². The highest BCUT2D eigenvalue weighted by Gasteiger charge is 2.15. The number of alkyl halides is 2. The van der Waals surface area contributed by atoms with Crippen LogP contribution in [0.2, 0.25) is 0 Å². The number of benzene rings is 1. The van der Waals surface area contributed by atoms with Crippen LogP contribution >= 0.6 is 0 Å². The number of ether oxygens (including phenoxy) is 2. The zero-order valence-electron chi connectivity index (χ0n) is 11.2. The number of amides is 1. The van der Waals surface area contributed by atoms with Crippen LogP contribution in [0.25, 0.3) is 0 Å². The first-order chi connectivity index (χ1) is 9.43. The van der Waals surface area contributed by atoms with Crippen molar-refractivity contribution in [2.45, 2.75) is 25.7 Å². The van der Waals surface area contributed by atoms with Gasteiger partial charge in [-0.3, -0.25) is 4.79 Å². The van der Waals surface area contributed by atoms with E-state index in [0.717, 1.165) is 5.56 Å². The van der Waals surface area contributed by atoms with E-state index < -0.39 is 24.7 Å². The van der Waals surface area contributed by atoms with E-state index in [9.17, 15) is 18.7 Å². The van der Waals surface area contributed by atoms with Gasteiger partial charge in [-0.1, -0.05) is 12.1 Å². The van der Waals surface area contributed by atoms with Gasteiger partial charge >= 0.3 is 6.61 Å². The molecule has 0 bridgehead atoms. The number of likely N-dealkylation sites (N-methyl/N-ethyl adjacent to an activating group) is 1. The smallest absolute Gasteiger partial charge is 0.387 e. The highest BCUT2D eigenvalue weighted by atomic mass is 19.3. The molecular weight excluding hydrogens is 272 g/mol. The molecule has 20 heavy (non-hydrogen) atoms. The third-order valence-corrected chi connectivity index (χ3v) is 2.63. The SMILES string of the molecule is CNC(=O)[C@H](O)CO[C@@H](C)c1ccc(OC(F)F)cc1. The maximum Gasteiger partial charge on any atom is 0.387 e. The Kier molecular flexibility index (Phi) is 6.33. The van der Waals surface area contributed by atoms with Gasteiger partial charge in [0.2, 0.25) is 0 Å². The van der Waals surface area contributed by atoms with Crippen molar-refractivity contribution in [2.75, 3.05) is 13.7 Å². The molecule has 1 aromatic carbocycles. The Bertz CT molecular complexity index is 425. The lowest BCUT2D eigenvalue weighted by atomic mass is 10.1. The number of halogens is 2. The van der Waals surface area contributed by atoms with Crippen molar-refractivity contribution in [2.24, 2.45) is 0 Å². The first kappa shape index (κ1) is 16.3. The molecule has 0 aliphatic carbocycles. The molecule has 0 aliphatic rings. The van der Waals surface area contributed by atoms with Crippen LogP contribution in [0.5, 0.6) is 5.75 Å². The predicted molar refractivity (Wildman–Crippen MR) is 67.5 cm³/mol. The van der Waals surface area contributed by atoms with Crippen LogP contribution in [0.1, 0.15) is 18.6 Å². The van der Waals surface area contributed by atoms with Crippen LogP contribution in [-0.2, 0) is 9.53 Å². The topological polar surface area (TPSA) is 67.8 Å². The normalized spacial score (nSPS) is 13.9. The number of aliphatic hydroxyl groups excluding tert-OH is 1. The second-order valence-electron chi connectivity index (χ2n) is 4.05. The zero-order valence-corrected chi connectivity index (χ0v) is 11.2. The summed E-state index contributed by atoms with van der Waals surface area (Å²) in [6.45, 7) is -1.30. The van der Waals surface area contributed by atoms with Crippen molar-refractivity contribution in [1.82, 2.24) is 5.32 Å². The molecule has 0 radical (unpaired) electrons. The first-order valence-corrected chi connectivity index (χ1v) is 6.00. The summed E-state index contributed by atoms with van der Waals surface area (Å²) >= 11 is 0. The third kappa shape index (κ3) is 5.10. The van der Waals surface area contributed by atoms with Crippen LogP contribution in [-0.4, -0.2) is 37.4 Å². The van der Waals surface area contributed by atoms with Gasteiger partial charge in [-0.15, -0.1) is 0 Å². The number of hydrogen-bond donors (Lipinski definition) is 2. The molecule has 0 unspecified atom stereocenters. The molecule has 2 N–H and O–H groups in total. The van der Waals surface area contributed by atoms with Crippen molar-refractivity contribution in [3.63, 3.8) is 0 Å². The zero-order chi connectivity index (χ0) is 15.1. The fourth-order valence-corrected chi connectivity index (χ4v) is 1.49. The van der Waals surface area contributed by atoms with Gasteiger partial charge in [0.15, 0.2) is 6.10 Å². The molecule has 2 atom stereocenters. The van der Waals surface area contributed by atoms with Crippen molar-refractivity contribution in [3.05, 3.63) is 29.8 Å². The maximum absolute atomic E-state index is 12.0. The maximum atomic E-state index is 12.0. The summed E-state index contributed by atoms with van der Waals surface area (Å²) in [5, 5.41) is 11.7. The summed E-state index contributed by atoms with van der Waals surface area (Å²) in [5.41, 5.74) is 0.718. The van der Waals surface area contributed by atoms with E-state index >= 15 is 0 Å². The molecule has 1 aromatic rings. The van der Waals surface area contributed by atoms with Gasteiger partial charge in [-0.2, -0.15) is 8.78 Å². The van der Waals surface area contributed by atoms with Gasteiger partial charge in [0.1, 0.15) is 5.75 Å². The predicted octanol–water partition coefficient (Wildman–Crippen LogP) is 1.47. The van der Waals surface area contributed by atoms with E-state index in [1.807, 2.05) is 0 Å². The molecule has 0 heterocycles. The van der Waals surface area contributed by atoms with E-state index in [1.54, 1.807) is 19.1 Å². The molecule has 0 aliphatic heterocycles. The monoisotopic (exact) mass is 289 g/mol. The van der Waals surface area contributed by atoms with Crippen LogP contribution in [0, 0.1) is 0 Å². The van der Waals surface area contributed by atoms with Crippen LogP contribution < -0.4 is 10.1 Å². The van der Waals surface area contributed by atoms with Gasteiger partial charge in [-0.05, 0) is 24.6 Å². The van der Waals surface area contributed by atoms with E-state index in [1.165, 1.54) is 19.2 Å². The van der Waals surface area contributed by atoms with E-state index in [-0.39, 0.29) is 12.4 Å². The third-order valence-electron chi connectivity index (χ3n) is 2.63. The Labute approximate surface area is 115 Å². The number of rotatable bonds is 7. The van der Waals surface area contributed by atoms with Gasteiger partial charge in [0.05, 0.1) is 12.7 Å². The van der Waals surface area contributed by atoms with E-state index in [2.05, 4.69) is 10.1 Å². The quantitative estimate of drug-likeness (QED) is 0.797. The Morgan fingerprint density at radius 3 is 2.45 bits per heavy atom. The minimum Gasteiger partial charge on any atom is -0.435 e. The molecule has 0 aromatic heterocycles. The summed E-state index contributed by atoms with van der Waals surface area (Å²) in [5.74, 6) is -0.473. The summed E-state index contributed by atoms with van der Waals surface area (Å²) in [6.07, 6.45) is -1.64. The lowest BCUT2D eigenvalue weighted by molar-refractivity contribution is -0.133. The van der Waals surface area contributed by atoms with E-state index in [4.69, 9.17) is 4.74 Å². The second kappa shape index (κ2) is 7.76. The number of hydrogen-bond acceptors (Lipinski definition) is 4. The standard InChI is InChI=1S/C13H17F2NO4/c1-8(19-7-11(17)12(18)16-2)9-3-5-10(6-4-9)20-13(14)15/h3-6,8,11,13,17H,7H2,1-2H3,(H,16,18)/t8-,11+/m0/s1. The first-order valence-electron chi connectivity index (χ1n) is 6.00. The van der Waals surface area contributed by atoms with Gasteiger partial charge in [0.25, 0.3) is 5.91 Å².